The topological polar surface area (TPSA) is 387 Å². The molecule has 0 aromatic rings. The molecule has 0 fully saturated rings. The zero-order valence-corrected chi connectivity index (χ0v) is 16.3. The van der Waals surface area contributed by atoms with Gasteiger partial charge in [-0.25, -0.2) is 42.1 Å². The molecular formula is H5O20S5V-5. The molecule has 0 atom stereocenters. The average Bonchev–Trinajstić information content (AvgIpc) is 1.79. The fourth-order valence-corrected chi connectivity index (χ4v) is 0. The van der Waals surface area contributed by atoms with Gasteiger partial charge in [0.2, 0.25) is 52.0 Å². The molecule has 0 rings (SSSR count). The molecule has 0 aromatic heterocycles. The van der Waals surface area contributed by atoms with Crippen LogP contribution >= 0.6 is 0 Å². The maximum absolute atomic E-state index is 8.63. The summed E-state index contributed by atoms with van der Waals surface area (Å²) in [6.07, 6.45) is 0. The first-order valence-corrected chi connectivity index (χ1v) is 10.2. The van der Waals surface area contributed by atoms with Crippen molar-refractivity contribution in [1.29, 1.82) is 0 Å². The summed E-state index contributed by atoms with van der Waals surface area (Å²) in [5, 5.41) is 0. The van der Waals surface area contributed by atoms with Crippen molar-refractivity contribution < 1.29 is 106 Å². The predicted octanol–water partition coefficient (Wildman–Crippen LogP) is -4.98. The largest absolute Gasteiger partial charge is 0.726 e. The van der Waals surface area contributed by atoms with Crippen molar-refractivity contribution in [2.75, 3.05) is 0 Å². The SMILES string of the molecule is O=S(=O)([O-])O.O=S(=O)([O-])O.O=S(=O)([O-])O.O=S(=O)([O-])O.O=S(=O)([O-])O.[V]. The third-order valence-electron chi connectivity index (χ3n) is 0. The van der Waals surface area contributed by atoms with E-state index < -0.39 is 52.0 Å². The normalized spacial score (nSPS) is 11.2. The summed E-state index contributed by atoms with van der Waals surface area (Å²) in [6, 6.07) is 0. The monoisotopic (exact) mass is 536 g/mol. The standard InChI is InChI=1S/5H2O4S.V/c5*1-5(2,3)4;/h5*(H2,1,2,3,4);/p-5. The smallest absolute Gasteiger partial charge is 0.215 e. The summed E-state index contributed by atoms with van der Waals surface area (Å²) in [5.74, 6) is 0. The van der Waals surface area contributed by atoms with Crippen LogP contribution in [0.15, 0.2) is 0 Å². The molecule has 0 saturated carbocycles. The molecule has 0 heterocycles. The van der Waals surface area contributed by atoms with Crippen molar-refractivity contribution in [3.8, 4) is 0 Å². The first-order valence-electron chi connectivity index (χ1n) is 3.41. The minimum Gasteiger partial charge on any atom is -0.726 e. The van der Waals surface area contributed by atoms with Crippen LogP contribution in [0, 0.1) is 0 Å². The zero-order valence-electron chi connectivity index (χ0n) is 10.8. The molecule has 0 spiro atoms. The van der Waals surface area contributed by atoms with Gasteiger partial charge in [-0.15, -0.1) is 0 Å². The van der Waals surface area contributed by atoms with Gasteiger partial charge >= 0.3 is 0 Å². The number of hydrogen-bond donors (Lipinski definition) is 5. The summed E-state index contributed by atoms with van der Waals surface area (Å²) >= 11 is 0. The van der Waals surface area contributed by atoms with E-state index in [1.165, 1.54) is 0 Å². The second-order valence-corrected chi connectivity index (χ2v) is 6.42. The maximum Gasteiger partial charge on any atom is 0.215 e. The second-order valence-electron chi connectivity index (χ2n) is 2.14. The van der Waals surface area contributed by atoms with Crippen molar-refractivity contribution in [2.45, 2.75) is 0 Å². The van der Waals surface area contributed by atoms with Gasteiger partial charge in [0.05, 0.1) is 0 Å². The first kappa shape index (κ1) is 40.6. The fourth-order valence-electron chi connectivity index (χ4n) is 0. The van der Waals surface area contributed by atoms with Gasteiger partial charge in [0.15, 0.2) is 0 Å². The fraction of sp³-hybridized carbons (Fsp3) is 0. The van der Waals surface area contributed by atoms with Gasteiger partial charge in [-0.1, -0.05) is 0 Å². The number of rotatable bonds is 0. The Bertz CT molecular complexity index is 614. The van der Waals surface area contributed by atoms with Gasteiger partial charge in [-0.3, -0.25) is 22.8 Å². The van der Waals surface area contributed by atoms with Gasteiger partial charge in [0.1, 0.15) is 0 Å². The Kier molecular flexibility index (Phi) is 24.9. The molecule has 0 saturated heterocycles. The summed E-state index contributed by atoms with van der Waals surface area (Å²) in [4.78, 5) is 0. The Labute approximate surface area is 158 Å². The van der Waals surface area contributed by atoms with Crippen LogP contribution in [-0.4, -0.2) is 87.6 Å². The molecule has 0 unspecified atom stereocenters. The molecule has 20 nitrogen and oxygen atoms in total. The second kappa shape index (κ2) is 15.9. The van der Waals surface area contributed by atoms with Crippen molar-refractivity contribution in [3.05, 3.63) is 0 Å². The van der Waals surface area contributed by atoms with E-state index in [4.69, 9.17) is 87.6 Å². The van der Waals surface area contributed by atoms with Gasteiger partial charge < -0.3 is 22.8 Å². The third-order valence-corrected chi connectivity index (χ3v) is 0. The van der Waals surface area contributed by atoms with Crippen molar-refractivity contribution in [3.63, 3.8) is 0 Å². The van der Waals surface area contributed by atoms with Crippen molar-refractivity contribution in [1.82, 2.24) is 0 Å². The van der Waals surface area contributed by atoms with Crippen LogP contribution in [0.5, 0.6) is 0 Å². The molecule has 165 valence electrons. The molecule has 26 heteroatoms. The van der Waals surface area contributed by atoms with E-state index in [0.29, 0.717) is 0 Å². The van der Waals surface area contributed by atoms with Crippen molar-refractivity contribution in [2.24, 2.45) is 0 Å². The molecule has 5 N–H and O–H groups in total. The molecule has 0 aliphatic carbocycles. The summed E-state index contributed by atoms with van der Waals surface area (Å²) in [6.45, 7) is 0. The molecule has 0 aliphatic heterocycles. The zero-order chi connectivity index (χ0) is 22.5. The van der Waals surface area contributed by atoms with Crippen molar-refractivity contribution >= 4 is 52.0 Å². The summed E-state index contributed by atoms with van der Waals surface area (Å²) < 4.78 is 164. The molecule has 0 bridgehead atoms. The van der Waals surface area contributed by atoms with E-state index in [-0.39, 0.29) is 18.6 Å². The van der Waals surface area contributed by atoms with Gasteiger partial charge in [0, 0.05) is 18.6 Å². The number of hydrogen-bond acceptors (Lipinski definition) is 15. The Balaban J connectivity index is -0.0000000476. The summed E-state index contributed by atoms with van der Waals surface area (Å²) in [7, 11) is -24.6. The molecule has 0 aliphatic rings. The van der Waals surface area contributed by atoms with E-state index in [1.807, 2.05) is 0 Å². The Morgan fingerprint density at radius 3 is 0.346 bits per heavy atom. The Hall–Kier alpha value is -0.0656. The van der Waals surface area contributed by atoms with Crippen LogP contribution in [0.3, 0.4) is 0 Å². The Morgan fingerprint density at radius 2 is 0.346 bits per heavy atom. The molecule has 0 aromatic carbocycles. The van der Waals surface area contributed by atoms with E-state index >= 15 is 0 Å². The molecular weight excluding hydrogens is 531 g/mol. The molecule has 26 heavy (non-hydrogen) atoms. The van der Waals surface area contributed by atoms with Gasteiger partial charge in [0.25, 0.3) is 0 Å². The van der Waals surface area contributed by atoms with Crippen LogP contribution in [0.25, 0.3) is 0 Å². The van der Waals surface area contributed by atoms with Crippen LogP contribution in [0.2, 0.25) is 0 Å². The molecule has 0 amide bonds. The van der Waals surface area contributed by atoms with E-state index in [9.17, 15) is 0 Å². The Morgan fingerprint density at radius 1 is 0.346 bits per heavy atom. The van der Waals surface area contributed by atoms with Crippen LogP contribution in [0.1, 0.15) is 0 Å². The predicted molar refractivity (Wildman–Crippen MR) is 61.6 cm³/mol. The first-order chi connectivity index (χ1) is 10.0. The summed E-state index contributed by atoms with van der Waals surface area (Å²) in [5.41, 5.74) is 0. The third kappa shape index (κ3) is 2930000. The van der Waals surface area contributed by atoms with Gasteiger partial charge in [-0.2, -0.15) is 0 Å². The van der Waals surface area contributed by atoms with Crippen LogP contribution < -0.4 is 0 Å². The van der Waals surface area contributed by atoms with Crippen LogP contribution in [-0.2, 0) is 70.6 Å². The average molecular weight is 536 g/mol. The van der Waals surface area contributed by atoms with E-state index in [1.54, 1.807) is 0 Å². The minimum absolute atomic E-state index is 0. The van der Waals surface area contributed by atoms with E-state index in [0.717, 1.165) is 0 Å². The van der Waals surface area contributed by atoms with Gasteiger partial charge in [-0.05, 0) is 0 Å². The minimum atomic E-state index is -4.92. The molecule has 1 radical (unpaired) electrons. The quantitative estimate of drug-likeness (QED) is 0.143. The van der Waals surface area contributed by atoms with Crippen LogP contribution in [0.4, 0.5) is 0 Å². The maximum atomic E-state index is 8.63. The van der Waals surface area contributed by atoms with E-state index in [2.05, 4.69) is 0 Å².